The minimum atomic E-state index is -0.370. The molecule has 7 heteroatoms. The van der Waals surface area contributed by atoms with Gasteiger partial charge in [0.2, 0.25) is 0 Å². The average molecular weight is 331 g/mol. The van der Waals surface area contributed by atoms with Crippen LogP contribution in [0.25, 0.3) is 0 Å². The lowest BCUT2D eigenvalue weighted by Crippen LogP contribution is -2.36. The van der Waals surface area contributed by atoms with E-state index >= 15 is 0 Å². The van der Waals surface area contributed by atoms with Crippen LogP contribution in [0.15, 0.2) is 23.6 Å². The van der Waals surface area contributed by atoms with Crippen LogP contribution in [0.5, 0.6) is 0 Å². The monoisotopic (exact) mass is 330 g/mol. The second-order valence-corrected chi connectivity index (χ2v) is 7.08. The van der Waals surface area contributed by atoms with Crippen molar-refractivity contribution < 1.29 is 0 Å². The quantitative estimate of drug-likeness (QED) is 0.812. The molecule has 1 saturated carbocycles. The van der Waals surface area contributed by atoms with Crippen molar-refractivity contribution in [1.29, 1.82) is 0 Å². The Hall–Kier alpha value is -1.95. The van der Waals surface area contributed by atoms with Crippen LogP contribution < -0.4 is 0 Å². The zero-order valence-electron chi connectivity index (χ0n) is 13.4. The van der Waals surface area contributed by atoms with Gasteiger partial charge in [0.15, 0.2) is 0 Å². The van der Waals surface area contributed by atoms with Gasteiger partial charge < -0.3 is 4.57 Å². The maximum absolute atomic E-state index is 6.29. The smallest absolute Gasteiger partial charge is 0.146 e. The van der Waals surface area contributed by atoms with Gasteiger partial charge in [-0.05, 0) is 37.5 Å². The van der Waals surface area contributed by atoms with Gasteiger partial charge in [-0.3, -0.25) is 5.01 Å². The Kier molecular flexibility index (Phi) is 3.20. The lowest BCUT2D eigenvalue weighted by Gasteiger charge is -2.32. The van der Waals surface area contributed by atoms with Gasteiger partial charge in [-0.25, -0.2) is 4.98 Å². The summed E-state index contributed by atoms with van der Waals surface area (Å²) in [5.74, 6) is 1.44. The number of hydrogen-bond donors (Lipinski definition) is 0. The molecule has 0 aromatic carbocycles. The van der Waals surface area contributed by atoms with E-state index in [1.807, 2.05) is 36.0 Å². The predicted octanol–water partition coefficient (Wildman–Crippen LogP) is 2.67. The van der Waals surface area contributed by atoms with E-state index in [4.69, 9.17) is 11.6 Å². The minimum Gasteiger partial charge on any atom is -0.320 e. The fourth-order valence-electron chi connectivity index (χ4n) is 3.53. The molecule has 4 rings (SSSR count). The summed E-state index contributed by atoms with van der Waals surface area (Å²) in [6, 6.07) is 4.13. The summed E-state index contributed by atoms with van der Waals surface area (Å²) >= 11 is 6.29. The molecule has 0 radical (unpaired) electrons. The number of pyridine rings is 1. The molecule has 6 nitrogen and oxygen atoms in total. The standard InChI is InChI=1S/C16H19ClN6/c1-16(15-21-18-9-22(15)2)8-19-23(3)14(16)11-6-12(10-4-5-10)20-13(17)7-11/h6-10,14H,4-5H2,1-3H3. The van der Waals surface area contributed by atoms with Crippen LogP contribution in [0.2, 0.25) is 5.15 Å². The SMILES string of the molecule is CN1N=CC(C)(c2nncn2C)C1c1cc(Cl)nc(C2CC2)c1. The van der Waals surface area contributed by atoms with Crippen LogP contribution in [0.4, 0.5) is 0 Å². The largest absolute Gasteiger partial charge is 0.320 e. The van der Waals surface area contributed by atoms with Crippen molar-refractivity contribution in [2.75, 3.05) is 7.05 Å². The molecule has 0 saturated heterocycles. The number of rotatable bonds is 3. The second-order valence-electron chi connectivity index (χ2n) is 6.69. The normalized spacial score (nSPS) is 27.0. The second kappa shape index (κ2) is 5.03. The van der Waals surface area contributed by atoms with Crippen molar-refractivity contribution in [3.05, 3.63) is 40.7 Å². The molecular formula is C16H19ClN6. The highest BCUT2D eigenvalue weighted by Crippen LogP contribution is 2.45. The lowest BCUT2D eigenvalue weighted by molar-refractivity contribution is 0.228. The number of halogens is 1. The Labute approximate surface area is 140 Å². The molecule has 1 aliphatic heterocycles. The van der Waals surface area contributed by atoms with Crippen molar-refractivity contribution in [2.45, 2.75) is 37.1 Å². The Morgan fingerprint density at radius 3 is 2.70 bits per heavy atom. The van der Waals surface area contributed by atoms with Crippen molar-refractivity contribution >= 4 is 17.8 Å². The number of aromatic nitrogens is 4. The average Bonchev–Trinajstić information content (AvgIpc) is 3.19. The van der Waals surface area contributed by atoms with Crippen LogP contribution in [0.3, 0.4) is 0 Å². The lowest BCUT2D eigenvalue weighted by atomic mass is 9.79. The summed E-state index contributed by atoms with van der Waals surface area (Å²) < 4.78 is 1.95. The van der Waals surface area contributed by atoms with E-state index in [0.29, 0.717) is 11.1 Å². The maximum atomic E-state index is 6.29. The molecule has 2 atom stereocenters. The number of likely N-dealkylation sites (N-methyl/N-ethyl adjacent to an activating group) is 1. The molecule has 2 aliphatic rings. The molecule has 0 spiro atoms. The van der Waals surface area contributed by atoms with Crippen LogP contribution in [0.1, 0.15) is 48.8 Å². The Morgan fingerprint density at radius 1 is 1.26 bits per heavy atom. The molecule has 0 bridgehead atoms. The first-order valence-corrected chi connectivity index (χ1v) is 8.16. The third-order valence-electron chi connectivity index (χ3n) is 4.79. The number of hydrazone groups is 1. The van der Waals surface area contributed by atoms with E-state index in [1.54, 1.807) is 6.33 Å². The van der Waals surface area contributed by atoms with Crippen molar-refractivity contribution in [1.82, 2.24) is 24.8 Å². The molecule has 2 aromatic rings. The van der Waals surface area contributed by atoms with Crippen molar-refractivity contribution in [3.8, 4) is 0 Å². The number of nitrogens with zero attached hydrogens (tertiary/aromatic N) is 6. The molecule has 1 aliphatic carbocycles. The summed E-state index contributed by atoms with van der Waals surface area (Å²) in [5.41, 5.74) is 1.84. The summed E-state index contributed by atoms with van der Waals surface area (Å²) in [5, 5.41) is 15.4. The van der Waals surface area contributed by atoms with E-state index < -0.39 is 0 Å². The Morgan fingerprint density at radius 2 is 2.04 bits per heavy atom. The first kappa shape index (κ1) is 14.6. The van der Waals surface area contributed by atoms with E-state index in [1.165, 1.54) is 12.8 Å². The van der Waals surface area contributed by atoms with Gasteiger partial charge in [-0.15, -0.1) is 10.2 Å². The molecule has 2 aromatic heterocycles. The summed E-state index contributed by atoms with van der Waals surface area (Å²) in [6.45, 7) is 2.14. The van der Waals surface area contributed by atoms with E-state index in [-0.39, 0.29) is 11.5 Å². The van der Waals surface area contributed by atoms with Crippen molar-refractivity contribution in [3.63, 3.8) is 0 Å². The molecule has 3 heterocycles. The summed E-state index contributed by atoms with van der Waals surface area (Å²) in [7, 11) is 3.94. The van der Waals surface area contributed by atoms with Gasteiger partial charge in [0.25, 0.3) is 0 Å². The molecule has 23 heavy (non-hydrogen) atoms. The highest BCUT2D eigenvalue weighted by atomic mass is 35.5. The minimum absolute atomic E-state index is 0.0170. The molecule has 2 unspecified atom stereocenters. The Balaban J connectivity index is 1.81. The van der Waals surface area contributed by atoms with Gasteiger partial charge in [0.05, 0.1) is 11.5 Å². The summed E-state index contributed by atoms with van der Waals surface area (Å²) in [6.07, 6.45) is 6.07. The molecule has 120 valence electrons. The van der Waals surface area contributed by atoms with Crippen LogP contribution in [-0.2, 0) is 12.5 Å². The van der Waals surface area contributed by atoms with E-state index in [9.17, 15) is 0 Å². The first-order valence-electron chi connectivity index (χ1n) is 7.79. The highest BCUT2D eigenvalue weighted by Gasteiger charge is 2.46. The molecule has 0 amide bonds. The molecular weight excluding hydrogens is 312 g/mol. The van der Waals surface area contributed by atoms with Gasteiger partial charge >= 0.3 is 0 Å². The van der Waals surface area contributed by atoms with Gasteiger partial charge in [-0.2, -0.15) is 5.10 Å². The molecule has 0 N–H and O–H groups in total. The highest BCUT2D eigenvalue weighted by molar-refractivity contribution is 6.29. The fraction of sp³-hybridized carbons (Fsp3) is 0.500. The van der Waals surface area contributed by atoms with E-state index in [0.717, 1.165) is 17.1 Å². The molecule has 1 fully saturated rings. The number of hydrogen-bond acceptors (Lipinski definition) is 5. The third kappa shape index (κ3) is 2.32. The van der Waals surface area contributed by atoms with Crippen LogP contribution in [0, 0.1) is 0 Å². The number of aryl methyl sites for hydroxylation is 1. The van der Waals surface area contributed by atoms with Gasteiger partial charge in [-0.1, -0.05) is 11.6 Å². The first-order chi connectivity index (χ1) is 11.0. The maximum Gasteiger partial charge on any atom is 0.146 e. The van der Waals surface area contributed by atoms with Crippen molar-refractivity contribution in [2.24, 2.45) is 12.1 Å². The van der Waals surface area contributed by atoms with Crippen LogP contribution in [-0.4, -0.2) is 38.0 Å². The topological polar surface area (TPSA) is 59.2 Å². The predicted molar refractivity (Wildman–Crippen MR) is 88.6 cm³/mol. The Bertz CT molecular complexity index is 781. The zero-order valence-corrected chi connectivity index (χ0v) is 14.2. The van der Waals surface area contributed by atoms with Gasteiger partial charge in [0.1, 0.15) is 17.3 Å². The van der Waals surface area contributed by atoms with E-state index in [2.05, 4.69) is 33.3 Å². The fourth-order valence-corrected chi connectivity index (χ4v) is 3.76. The third-order valence-corrected chi connectivity index (χ3v) is 4.98. The van der Waals surface area contributed by atoms with Gasteiger partial charge in [0, 0.05) is 31.9 Å². The van der Waals surface area contributed by atoms with Crippen LogP contribution >= 0.6 is 11.6 Å². The zero-order chi connectivity index (χ0) is 16.2. The summed E-state index contributed by atoms with van der Waals surface area (Å²) in [4.78, 5) is 4.49.